The Balaban J connectivity index is 2.23. The van der Waals surface area contributed by atoms with E-state index in [0.717, 1.165) is 6.07 Å². The van der Waals surface area contributed by atoms with Gasteiger partial charge in [0.2, 0.25) is 5.96 Å². The number of nitrogens with zero attached hydrogens (tertiary/aromatic N) is 2. The molecule has 0 saturated carbocycles. The third kappa shape index (κ3) is 7.90. The molecule has 2 unspecified atom stereocenters. The molecule has 2 atom stereocenters. The van der Waals surface area contributed by atoms with Crippen LogP contribution in [0.4, 0.5) is 8.78 Å². The number of hydrogen-bond acceptors (Lipinski definition) is 5. The van der Waals surface area contributed by atoms with Crippen LogP contribution < -0.4 is 20.7 Å². The number of nitrogens with one attached hydrogen (secondary N) is 3. The lowest BCUT2D eigenvalue weighted by atomic mass is 10.0. The zero-order valence-electron chi connectivity index (χ0n) is 19.1. The first-order valence-electron chi connectivity index (χ1n) is 10.5. The second kappa shape index (κ2) is 12.6. The minimum Gasteiger partial charge on any atom is -0.497 e. The van der Waals surface area contributed by atoms with Gasteiger partial charge in [-0.1, -0.05) is 31.2 Å². The summed E-state index contributed by atoms with van der Waals surface area (Å²) in [5.74, 6) is -1.31. The minimum atomic E-state index is -0.785. The van der Waals surface area contributed by atoms with Crippen LogP contribution in [-0.2, 0) is 0 Å². The summed E-state index contributed by atoms with van der Waals surface area (Å²) in [7, 11) is 3.06. The Morgan fingerprint density at radius 1 is 1.12 bits per heavy atom. The molecule has 0 aromatic heterocycles. The molecule has 0 radical (unpaired) electrons. The Morgan fingerprint density at radius 2 is 1.82 bits per heavy atom. The van der Waals surface area contributed by atoms with Crippen molar-refractivity contribution in [1.29, 1.82) is 0 Å². The van der Waals surface area contributed by atoms with E-state index in [-0.39, 0.29) is 29.6 Å². The molecular formula is C23H29F2N5O3. The molecule has 0 aliphatic carbocycles. The molecule has 10 heteroatoms. The van der Waals surface area contributed by atoms with Crippen molar-refractivity contribution in [3.05, 3.63) is 70.1 Å². The van der Waals surface area contributed by atoms with Gasteiger partial charge in [-0.2, -0.15) is 9.90 Å². The first kappa shape index (κ1) is 25.9. The molecule has 2 aromatic rings. The Labute approximate surface area is 191 Å². The number of amides is 1. The van der Waals surface area contributed by atoms with E-state index in [1.54, 1.807) is 7.05 Å². The second-order valence-electron chi connectivity index (χ2n) is 7.78. The molecule has 8 nitrogen and oxygen atoms in total. The largest absolute Gasteiger partial charge is 0.497 e. The number of methoxy groups -OCH3 is 1. The topological polar surface area (TPSA) is 104 Å². The highest BCUT2D eigenvalue weighted by Crippen LogP contribution is 2.22. The molecule has 2 aromatic carbocycles. The number of aliphatic imine (C=N–C) groups is 1. The standard InChI is InChI=1S/C23H29F2N5O3/c1-14(2)13-27-23(29-22(31)18-10-9-17(33-4)11-19(18)25)28-21(26-3)12-20(30-32)15-5-7-16(24)8-6-15/h5-11,14,20-21,26H,12-13H2,1-4H3,(H2,27,28,29,31). The first-order valence-corrected chi connectivity index (χ1v) is 10.5. The number of carbonyl (C=O) groups is 1. The summed E-state index contributed by atoms with van der Waals surface area (Å²) in [4.78, 5) is 28.1. The van der Waals surface area contributed by atoms with Crippen LogP contribution in [0.2, 0.25) is 0 Å². The maximum Gasteiger partial charge on any atom is 0.283 e. The van der Waals surface area contributed by atoms with Crippen molar-refractivity contribution < 1.29 is 18.3 Å². The maximum atomic E-state index is 14.3. The number of ether oxygens (including phenoxy) is 1. The second-order valence-corrected chi connectivity index (χ2v) is 7.78. The number of benzene rings is 2. The molecule has 0 saturated heterocycles. The number of halogens is 2. The monoisotopic (exact) mass is 461 g/mol. The molecule has 3 N–H and O–H groups in total. The zero-order valence-corrected chi connectivity index (χ0v) is 19.1. The van der Waals surface area contributed by atoms with Crippen LogP contribution in [0.1, 0.15) is 42.2 Å². The molecule has 0 bridgehead atoms. The number of carbonyl (C=O) groups excluding carboxylic acids is 1. The van der Waals surface area contributed by atoms with Gasteiger partial charge in [-0.25, -0.2) is 8.78 Å². The van der Waals surface area contributed by atoms with E-state index in [1.807, 2.05) is 13.8 Å². The fourth-order valence-corrected chi connectivity index (χ4v) is 2.94. The van der Waals surface area contributed by atoms with Crippen molar-refractivity contribution in [3.8, 4) is 5.75 Å². The molecule has 33 heavy (non-hydrogen) atoms. The number of hydrogen-bond donors (Lipinski definition) is 3. The smallest absolute Gasteiger partial charge is 0.283 e. The van der Waals surface area contributed by atoms with Crippen molar-refractivity contribution in [2.24, 2.45) is 16.1 Å². The van der Waals surface area contributed by atoms with E-state index in [9.17, 15) is 18.5 Å². The molecule has 0 fully saturated rings. The lowest BCUT2D eigenvalue weighted by Crippen LogP contribution is -2.50. The van der Waals surface area contributed by atoms with E-state index in [2.05, 4.69) is 26.1 Å². The van der Waals surface area contributed by atoms with Gasteiger partial charge in [0.05, 0.1) is 18.8 Å². The zero-order chi connectivity index (χ0) is 24.4. The highest BCUT2D eigenvalue weighted by atomic mass is 19.1. The van der Waals surface area contributed by atoms with Crippen LogP contribution in [0.5, 0.6) is 5.75 Å². The molecule has 0 aliphatic heterocycles. The molecule has 0 heterocycles. The molecule has 1 amide bonds. The summed E-state index contributed by atoms with van der Waals surface area (Å²) in [5.41, 5.74) is 0.347. The third-order valence-electron chi connectivity index (χ3n) is 4.80. The van der Waals surface area contributed by atoms with E-state index in [1.165, 1.54) is 43.5 Å². The predicted molar refractivity (Wildman–Crippen MR) is 123 cm³/mol. The summed E-state index contributed by atoms with van der Waals surface area (Å²) in [5, 5.41) is 12.2. The highest BCUT2D eigenvalue weighted by Gasteiger charge is 2.20. The van der Waals surface area contributed by atoms with Gasteiger partial charge in [0.25, 0.3) is 5.91 Å². The van der Waals surface area contributed by atoms with Gasteiger partial charge in [0.15, 0.2) is 0 Å². The van der Waals surface area contributed by atoms with E-state index in [0.29, 0.717) is 12.1 Å². The molecule has 2 rings (SSSR count). The van der Waals surface area contributed by atoms with Crippen LogP contribution in [0, 0.1) is 22.5 Å². The average molecular weight is 462 g/mol. The molecule has 0 spiro atoms. The van der Waals surface area contributed by atoms with Crippen molar-refractivity contribution in [3.63, 3.8) is 0 Å². The summed E-state index contributed by atoms with van der Waals surface area (Å²) in [6.45, 7) is 4.45. The highest BCUT2D eigenvalue weighted by molar-refractivity contribution is 6.02. The summed E-state index contributed by atoms with van der Waals surface area (Å²) >= 11 is 0. The van der Waals surface area contributed by atoms with Gasteiger partial charge in [0.1, 0.15) is 23.4 Å². The van der Waals surface area contributed by atoms with Gasteiger partial charge in [0, 0.05) is 19.0 Å². The maximum absolute atomic E-state index is 14.3. The van der Waals surface area contributed by atoms with Gasteiger partial charge >= 0.3 is 0 Å². The number of rotatable bonds is 10. The Kier molecular flexibility index (Phi) is 9.86. The summed E-state index contributed by atoms with van der Waals surface area (Å²) < 4.78 is 32.5. The summed E-state index contributed by atoms with van der Waals surface area (Å²) in [6.07, 6.45) is -0.330. The Hall–Kier alpha value is -3.40. The predicted octanol–water partition coefficient (Wildman–Crippen LogP) is 3.75. The average Bonchev–Trinajstić information content (AvgIpc) is 2.80. The van der Waals surface area contributed by atoms with E-state index < -0.39 is 29.7 Å². The van der Waals surface area contributed by atoms with Gasteiger partial charge in [-0.05, 0) is 42.8 Å². The minimum absolute atomic E-state index is 0.118. The van der Waals surface area contributed by atoms with Gasteiger partial charge in [-0.15, -0.1) is 0 Å². The van der Waals surface area contributed by atoms with Gasteiger partial charge < -0.3 is 20.7 Å². The lowest BCUT2D eigenvalue weighted by Gasteiger charge is -2.23. The van der Waals surface area contributed by atoms with Crippen LogP contribution in [0.25, 0.3) is 0 Å². The van der Waals surface area contributed by atoms with E-state index >= 15 is 0 Å². The SMILES string of the molecule is CNC(CC(N=O)c1ccc(F)cc1)N/C(=N\C(=O)c1ccc(OC)cc1F)NCC(C)C. The molecular weight excluding hydrogens is 432 g/mol. The Morgan fingerprint density at radius 3 is 2.36 bits per heavy atom. The van der Waals surface area contributed by atoms with Crippen molar-refractivity contribution in [2.75, 3.05) is 20.7 Å². The van der Waals surface area contributed by atoms with Crippen molar-refractivity contribution in [1.82, 2.24) is 16.0 Å². The summed E-state index contributed by atoms with van der Waals surface area (Å²) in [6, 6.07) is 8.62. The fraction of sp³-hybridized carbons (Fsp3) is 0.391. The molecule has 178 valence electrons. The molecule has 0 aliphatic rings. The first-order chi connectivity index (χ1) is 15.8. The van der Waals surface area contributed by atoms with Crippen LogP contribution in [0.3, 0.4) is 0 Å². The van der Waals surface area contributed by atoms with Crippen LogP contribution in [-0.4, -0.2) is 38.7 Å². The number of guanidine groups is 1. The van der Waals surface area contributed by atoms with Crippen molar-refractivity contribution in [2.45, 2.75) is 32.5 Å². The number of nitroso groups, excluding NO2 is 1. The van der Waals surface area contributed by atoms with Crippen LogP contribution in [0.15, 0.2) is 52.6 Å². The Bertz CT molecular complexity index is 967. The van der Waals surface area contributed by atoms with E-state index in [4.69, 9.17) is 4.74 Å². The van der Waals surface area contributed by atoms with Crippen LogP contribution >= 0.6 is 0 Å². The normalized spacial score (nSPS) is 13.4. The lowest BCUT2D eigenvalue weighted by molar-refractivity contribution is 0.0998. The fourth-order valence-electron chi connectivity index (χ4n) is 2.94. The quantitative estimate of drug-likeness (QED) is 0.216. The van der Waals surface area contributed by atoms with Crippen molar-refractivity contribution >= 4 is 11.9 Å². The third-order valence-corrected chi connectivity index (χ3v) is 4.80. The van der Waals surface area contributed by atoms with Gasteiger partial charge in [-0.3, -0.25) is 4.79 Å².